The molecule has 4 nitrogen and oxygen atoms in total. The van der Waals surface area contributed by atoms with Gasteiger partial charge in [0.2, 0.25) is 0 Å². The van der Waals surface area contributed by atoms with E-state index in [1.807, 2.05) is 12.1 Å². The lowest BCUT2D eigenvalue weighted by atomic mass is 9.98. The minimum absolute atomic E-state index is 0.345. The van der Waals surface area contributed by atoms with Gasteiger partial charge in [0, 0.05) is 13.1 Å². The van der Waals surface area contributed by atoms with Crippen molar-refractivity contribution in [3.63, 3.8) is 0 Å². The molecular weight excluding hydrogens is 228 g/mol. The second-order valence-electron chi connectivity index (χ2n) is 4.98. The van der Waals surface area contributed by atoms with Crippen molar-refractivity contribution in [2.45, 2.75) is 19.4 Å². The van der Waals surface area contributed by atoms with E-state index in [1.54, 1.807) is 12.1 Å². The summed E-state index contributed by atoms with van der Waals surface area (Å²) in [4.78, 5) is 13.2. The van der Waals surface area contributed by atoms with Crippen LogP contribution in [0.5, 0.6) is 0 Å². The smallest absolute Gasteiger partial charge is 0.335 e. The first kappa shape index (κ1) is 13.1. The Hall–Kier alpha value is -1.39. The molecule has 1 saturated heterocycles. The summed E-state index contributed by atoms with van der Waals surface area (Å²) < 4.78 is 0. The van der Waals surface area contributed by atoms with Crippen molar-refractivity contribution in [1.29, 1.82) is 0 Å². The quantitative estimate of drug-likeness (QED) is 0.848. The maximum atomic E-state index is 10.8. The van der Waals surface area contributed by atoms with E-state index >= 15 is 0 Å². The molecule has 4 heteroatoms. The summed E-state index contributed by atoms with van der Waals surface area (Å²) in [5, 5.41) is 8.84. The molecule has 0 bridgehead atoms. The van der Waals surface area contributed by atoms with Gasteiger partial charge in [-0.25, -0.2) is 4.79 Å². The lowest BCUT2D eigenvalue weighted by Gasteiger charge is -2.32. The van der Waals surface area contributed by atoms with Crippen LogP contribution in [0.15, 0.2) is 24.3 Å². The topological polar surface area (TPSA) is 66.6 Å². The maximum Gasteiger partial charge on any atom is 0.335 e. The van der Waals surface area contributed by atoms with Gasteiger partial charge in [-0.3, -0.25) is 4.90 Å². The van der Waals surface area contributed by atoms with Crippen LogP contribution in [0.25, 0.3) is 0 Å². The molecule has 1 unspecified atom stereocenters. The molecule has 98 valence electrons. The van der Waals surface area contributed by atoms with Gasteiger partial charge in [0.05, 0.1) is 5.56 Å². The molecule has 2 rings (SSSR count). The lowest BCUT2D eigenvalue weighted by Crippen LogP contribution is -2.37. The second kappa shape index (κ2) is 5.98. The van der Waals surface area contributed by atoms with Crippen LogP contribution in [0.4, 0.5) is 0 Å². The monoisotopic (exact) mass is 248 g/mol. The number of carboxylic acids is 1. The fourth-order valence-corrected chi connectivity index (χ4v) is 2.50. The van der Waals surface area contributed by atoms with E-state index in [-0.39, 0.29) is 0 Å². The van der Waals surface area contributed by atoms with E-state index in [0.29, 0.717) is 11.5 Å². The van der Waals surface area contributed by atoms with Gasteiger partial charge in [0.25, 0.3) is 0 Å². The molecule has 0 radical (unpaired) electrons. The number of hydrogen-bond donors (Lipinski definition) is 2. The molecule has 0 aliphatic carbocycles. The van der Waals surface area contributed by atoms with Gasteiger partial charge in [-0.15, -0.1) is 0 Å². The lowest BCUT2D eigenvalue weighted by molar-refractivity contribution is 0.0697. The number of piperidine rings is 1. The van der Waals surface area contributed by atoms with Gasteiger partial charge in [-0.05, 0) is 49.5 Å². The van der Waals surface area contributed by atoms with Crippen molar-refractivity contribution in [3.05, 3.63) is 35.4 Å². The van der Waals surface area contributed by atoms with Crippen LogP contribution in [-0.2, 0) is 6.54 Å². The van der Waals surface area contributed by atoms with Gasteiger partial charge in [-0.2, -0.15) is 0 Å². The van der Waals surface area contributed by atoms with E-state index in [2.05, 4.69) is 4.90 Å². The Morgan fingerprint density at radius 2 is 2.11 bits per heavy atom. The summed E-state index contributed by atoms with van der Waals surface area (Å²) in [7, 11) is 0. The molecule has 1 aliphatic rings. The molecule has 3 N–H and O–H groups in total. The van der Waals surface area contributed by atoms with Gasteiger partial charge < -0.3 is 10.8 Å². The van der Waals surface area contributed by atoms with Crippen LogP contribution >= 0.6 is 0 Å². The fourth-order valence-electron chi connectivity index (χ4n) is 2.50. The van der Waals surface area contributed by atoms with Crippen LogP contribution < -0.4 is 5.73 Å². The van der Waals surface area contributed by atoms with E-state index in [4.69, 9.17) is 10.8 Å². The number of likely N-dealkylation sites (tertiary alicyclic amines) is 1. The Morgan fingerprint density at radius 3 is 2.72 bits per heavy atom. The third-order valence-electron chi connectivity index (χ3n) is 3.54. The SMILES string of the molecule is NCC1CCCN(Cc2ccc(C(=O)O)cc2)C1. The van der Waals surface area contributed by atoms with Gasteiger partial charge in [0.15, 0.2) is 0 Å². The van der Waals surface area contributed by atoms with Gasteiger partial charge >= 0.3 is 5.97 Å². The molecule has 1 fully saturated rings. The Labute approximate surface area is 107 Å². The number of carboxylic acid groups (broad SMARTS) is 1. The highest BCUT2D eigenvalue weighted by Gasteiger charge is 2.18. The molecular formula is C14H20N2O2. The molecule has 0 spiro atoms. The summed E-state index contributed by atoms with van der Waals surface area (Å²) in [6, 6.07) is 7.13. The van der Waals surface area contributed by atoms with Crippen LogP contribution in [0.3, 0.4) is 0 Å². The van der Waals surface area contributed by atoms with E-state index in [0.717, 1.165) is 31.7 Å². The average molecular weight is 248 g/mol. The standard InChI is InChI=1S/C14H20N2O2/c15-8-12-2-1-7-16(10-12)9-11-3-5-13(6-4-11)14(17)18/h3-6,12H,1-2,7-10,15H2,(H,17,18). The highest BCUT2D eigenvalue weighted by molar-refractivity contribution is 5.87. The van der Waals surface area contributed by atoms with Crippen molar-refractivity contribution in [3.8, 4) is 0 Å². The number of carbonyl (C=O) groups is 1. The van der Waals surface area contributed by atoms with Crippen molar-refractivity contribution < 1.29 is 9.90 Å². The zero-order valence-electron chi connectivity index (χ0n) is 10.5. The fraction of sp³-hybridized carbons (Fsp3) is 0.500. The minimum Gasteiger partial charge on any atom is -0.478 e. The summed E-state index contributed by atoms with van der Waals surface area (Å²) >= 11 is 0. The first-order valence-corrected chi connectivity index (χ1v) is 6.43. The summed E-state index contributed by atoms with van der Waals surface area (Å²) in [5.74, 6) is -0.264. The van der Waals surface area contributed by atoms with Crippen molar-refractivity contribution in [2.75, 3.05) is 19.6 Å². The molecule has 0 aromatic heterocycles. The van der Waals surface area contributed by atoms with Crippen LogP contribution in [0, 0.1) is 5.92 Å². The Kier molecular flexibility index (Phi) is 4.33. The number of hydrogen-bond acceptors (Lipinski definition) is 3. The highest BCUT2D eigenvalue weighted by Crippen LogP contribution is 2.17. The van der Waals surface area contributed by atoms with Crippen molar-refractivity contribution in [1.82, 2.24) is 4.90 Å². The Balaban J connectivity index is 1.94. The Bertz CT molecular complexity index is 403. The molecule has 1 aromatic rings. The maximum absolute atomic E-state index is 10.8. The minimum atomic E-state index is -0.872. The number of aromatic carboxylic acids is 1. The summed E-state index contributed by atoms with van der Waals surface area (Å²) in [6.45, 7) is 3.80. The van der Waals surface area contributed by atoms with Crippen LogP contribution in [0.2, 0.25) is 0 Å². The van der Waals surface area contributed by atoms with Gasteiger partial charge in [-0.1, -0.05) is 12.1 Å². The Morgan fingerprint density at radius 1 is 1.39 bits per heavy atom. The molecule has 1 heterocycles. The summed E-state index contributed by atoms with van der Waals surface area (Å²) in [6.07, 6.45) is 2.43. The highest BCUT2D eigenvalue weighted by atomic mass is 16.4. The third kappa shape index (κ3) is 3.31. The summed E-state index contributed by atoms with van der Waals surface area (Å²) in [5.41, 5.74) is 7.23. The second-order valence-corrected chi connectivity index (χ2v) is 4.98. The predicted molar refractivity (Wildman–Crippen MR) is 70.5 cm³/mol. The molecule has 18 heavy (non-hydrogen) atoms. The number of nitrogens with two attached hydrogens (primary N) is 1. The zero-order chi connectivity index (χ0) is 13.0. The van der Waals surface area contributed by atoms with Crippen LogP contribution in [0.1, 0.15) is 28.8 Å². The van der Waals surface area contributed by atoms with E-state index < -0.39 is 5.97 Å². The largest absolute Gasteiger partial charge is 0.478 e. The first-order valence-electron chi connectivity index (χ1n) is 6.43. The molecule has 0 amide bonds. The van der Waals surface area contributed by atoms with E-state index in [1.165, 1.54) is 12.8 Å². The molecule has 0 saturated carbocycles. The third-order valence-corrected chi connectivity index (χ3v) is 3.54. The average Bonchev–Trinajstić information content (AvgIpc) is 2.39. The number of rotatable bonds is 4. The molecule has 1 atom stereocenters. The van der Waals surface area contributed by atoms with Gasteiger partial charge in [0.1, 0.15) is 0 Å². The first-order chi connectivity index (χ1) is 8.69. The molecule has 1 aromatic carbocycles. The molecule has 1 aliphatic heterocycles. The van der Waals surface area contributed by atoms with Crippen molar-refractivity contribution in [2.24, 2.45) is 11.7 Å². The normalized spacial score (nSPS) is 20.8. The van der Waals surface area contributed by atoms with Crippen molar-refractivity contribution >= 4 is 5.97 Å². The van der Waals surface area contributed by atoms with Crippen LogP contribution in [-0.4, -0.2) is 35.6 Å². The predicted octanol–water partition coefficient (Wildman–Crippen LogP) is 1.56. The number of nitrogens with zero attached hydrogens (tertiary/aromatic N) is 1. The zero-order valence-corrected chi connectivity index (χ0v) is 10.5. The van der Waals surface area contributed by atoms with E-state index in [9.17, 15) is 4.79 Å². The number of benzene rings is 1.